The molecule has 1 aromatic rings. The summed E-state index contributed by atoms with van der Waals surface area (Å²) in [5.41, 5.74) is 7.25. The van der Waals surface area contributed by atoms with Crippen LogP contribution < -0.4 is 11.1 Å². The van der Waals surface area contributed by atoms with Gasteiger partial charge in [-0.2, -0.15) is 0 Å². The topological polar surface area (TPSA) is 55.1 Å². The Hall–Kier alpha value is -1.51. The largest absolute Gasteiger partial charge is 0.399 e. The first-order valence-corrected chi connectivity index (χ1v) is 7.80. The number of rotatable bonds is 2. The van der Waals surface area contributed by atoms with Crippen LogP contribution in [0.25, 0.3) is 0 Å². The highest BCUT2D eigenvalue weighted by Gasteiger charge is 2.54. The Bertz CT molecular complexity index is 516. The predicted molar refractivity (Wildman–Crippen MR) is 80.1 cm³/mol. The molecule has 20 heavy (non-hydrogen) atoms. The molecule has 4 aliphatic rings. The van der Waals surface area contributed by atoms with Crippen LogP contribution in [0.5, 0.6) is 0 Å². The predicted octanol–water partition coefficient (Wildman–Crippen LogP) is 3.42. The number of hydrogen-bond acceptors (Lipinski definition) is 2. The summed E-state index contributed by atoms with van der Waals surface area (Å²) in [6, 6.07) is 7.51. The normalized spacial score (nSPS) is 37.9. The SMILES string of the molecule is Nc1cccc(NC(=O)C23CC4CC(CC(C4)C2)C3)c1. The zero-order valence-corrected chi connectivity index (χ0v) is 11.8. The van der Waals surface area contributed by atoms with Crippen LogP contribution in [0.3, 0.4) is 0 Å². The van der Waals surface area contributed by atoms with Crippen LogP contribution >= 0.6 is 0 Å². The van der Waals surface area contributed by atoms with Gasteiger partial charge in [0.25, 0.3) is 0 Å². The van der Waals surface area contributed by atoms with Crippen LogP contribution in [0, 0.1) is 23.2 Å². The van der Waals surface area contributed by atoms with Crippen LogP contribution in [0.15, 0.2) is 24.3 Å². The van der Waals surface area contributed by atoms with E-state index in [-0.39, 0.29) is 11.3 Å². The minimum absolute atomic E-state index is 0.0840. The number of amides is 1. The van der Waals surface area contributed by atoms with Crippen LogP contribution in [0.2, 0.25) is 0 Å². The lowest BCUT2D eigenvalue weighted by Gasteiger charge is -2.55. The zero-order valence-electron chi connectivity index (χ0n) is 11.8. The van der Waals surface area contributed by atoms with Gasteiger partial charge in [0.2, 0.25) is 5.91 Å². The van der Waals surface area contributed by atoms with Gasteiger partial charge in [-0.1, -0.05) is 6.07 Å². The Morgan fingerprint density at radius 2 is 1.70 bits per heavy atom. The summed E-state index contributed by atoms with van der Waals surface area (Å²) in [6.07, 6.45) is 7.41. The van der Waals surface area contributed by atoms with Gasteiger partial charge in [-0.25, -0.2) is 0 Å². The van der Waals surface area contributed by atoms with Gasteiger partial charge >= 0.3 is 0 Å². The Kier molecular flexibility index (Phi) is 2.60. The molecule has 4 bridgehead atoms. The van der Waals surface area contributed by atoms with Crippen LogP contribution in [0.1, 0.15) is 38.5 Å². The first-order chi connectivity index (χ1) is 9.63. The van der Waals surface area contributed by atoms with Gasteiger partial charge < -0.3 is 11.1 Å². The highest BCUT2D eigenvalue weighted by molar-refractivity contribution is 5.96. The second-order valence-corrected chi connectivity index (χ2v) is 7.28. The second-order valence-electron chi connectivity index (χ2n) is 7.28. The van der Waals surface area contributed by atoms with Crippen molar-refractivity contribution >= 4 is 17.3 Å². The van der Waals surface area contributed by atoms with E-state index in [1.165, 1.54) is 19.3 Å². The number of anilines is 2. The molecule has 1 aromatic carbocycles. The first-order valence-electron chi connectivity index (χ1n) is 7.80. The maximum Gasteiger partial charge on any atom is 0.230 e. The van der Waals surface area contributed by atoms with E-state index in [0.29, 0.717) is 5.69 Å². The molecule has 3 heteroatoms. The fraction of sp³-hybridized carbons (Fsp3) is 0.588. The number of carbonyl (C=O) groups excluding carboxylic acids is 1. The van der Waals surface area contributed by atoms with Gasteiger partial charge in [0.15, 0.2) is 0 Å². The van der Waals surface area contributed by atoms with Crippen molar-refractivity contribution in [3.8, 4) is 0 Å². The molecule has 0 aliphatic heterocycles. The van der Waals surface area contributed by atoms with Crippen LogP contribution in [-0.4, -0.2) is 5.91 Å². The minimum Gasteiger partial charge on any atom is -0.399 e. The average molecular weight is 270 g/mol. The van der Waals surface area contributed by atoms with Crippen molar-refractivity contribution < 1.29 is 4.79 Å². The summed E-state index contributed by atoms with van der Waals surface area (Å²) in [4.78, 5) is 12.8. The Labute approximate surface area is 119 Å². The van der Waals surface area contributed by atoms with E-state index in [2.05, 4.69) is 5.32 Å². The minimum atomic E-state index is -0.0840. The zero-order chi connectivity index (χ0) is 13.7. The molecule has 3 N–H and O–H groups in total. The summed E-state index contributed by atoms with van der Waals surface area (Å²) in [7, 11) is 0. The fourth-order valence-corrected chi connectivity index (χ4v) is 5.27. The summed E-state index contributed by atoms with van der Waals surface area (Å²) in [5, 5.41) is 3.12. The van der Waals surface area contributed by atoms with Gasteiger partial charge in [0.05, 0.1) is 5.41 Å². The fourth-order valence-electron chi connectivity index (χ4n) is 5.27. The van der Waals surface area contributed by atoms with Crippen molar-refractivity contribution in [3.05, 3.63) is 24.3 Å². The highest BCUT2D eigenvalue weighted by Crippen LogP contribution is 2.60. The summed E-state index contributed by atoms with van der Waals surface area (Å²) < 4.78 is 0. The molecule has 106 valence electrons. The number of nitrogens with one attached hydrogen (secondary N) is 1. The van der Waals surface area contributed by atoms with E-state index in [4.69, 9.17) is 5.73 Å². The summed E-state index contributed by atoms with van der Waals surface area (Å²) >= 11 is 0. The number of nitrogens with two attached hydrogens (primary N) is 1. The molecule has 0 unspecified atom stereocenters. The lowest BCUT2D eigenvalue weighted by Crippen LogP contribution is -2.51. The molecule has 4 fully saturated rings. The van der Waals surface area contributed by atoms with Crippen molar-refractivity contribution in [2.24, 2.45) is 23.2 Å². The maximum absolute atomic E-state index is 12.8. The molecule has 4 saturated carbocycles. The van der Waals surface area contributed by atoms with E-state index in [9.17, 15) is 4.79 Å². The second kappa shape index (κ2) is 4.24. The van der Waals surface area contributed by atoms with Gasteiger partial charge in [-0.15, -0.1) is 0 Å². The molecule has 5 rings (SSSR count). The Morgan fingerprint density at radius 1 is 1.10 bits per heavy atom. The summed E-state index contributed by atoms with van der Waals surface area (Å²) in [5.74, 6) is 2.63. The average Bonchev–Trinajstić information content (AvgIpc) is 2.37. The van der Waals surface area contributed by atoms with Gasteiger partial charge in [0.1, 0.15) is 0 Å². The molecule has 1 amide bonds. The third kappa shape index (κ3) is 1.91. The highest BCUT2D eigenvalue weighted by atomic mass is 16.2. The Morgan fingerprint density at radius 3 is 2.25 bits per heavy atom. The van der Waals surface area contributed by atoms with E-state index in [1.807, 2.05) is 24.3 Å². The van der Waals surface area contributed by atoms with Crippen LogP contribution in [-0.2, 0) is 4.79 Å². The maximum atomic E-state index is 12.8. The number of hydrogen-bond donors (Lipinski definition) is 2. The molecule has 3 nitrogen and oxygen atoms in total. The molecule has 0 radical (unpaired) electrons. The third-order valence-corrected chi connectivity index (χ3v) is 5.66. The molecule has 4 aliphatic carbocycles. The van der Waals surface area contributed by atoms with Crippen molar-refractivity contribution in [2.45, 2.75) is 38.5 Å². The van der Waals surface area contributed by atoms with Gasteiger partial charge in [-0.05, 0) is 74.5 Å². The van der Waals surface area contributed by atoms with Gasteiger partial charge in [0, 0.05) is 11.4 Å². The molecule has 0 aromatic heterocycles. The van der Waals surface area contributed by atoms with E-state index in [0.717, 1.165) is 42.7 Å². The lowest BCUT2D eigenvalue weighted by molar-refractivity contribution is -0.140. The Balaban J connectivity index is 1.56. The molecule has 0 spiro atoms. The number of benzene rings is 1. The number of nitrogen functional groups attached to an aromatic ring is 1. The molecule has 0 saturated heterocycles. The van der Waals surface area contributed by atoms with Crippen molar-refractivity contribution in [1.29, 1.82) is 0 Å². The van der Waals surface area contributed by atoms with E-state index in [1.54, 1.807) is 0 Å². The van der Waals surface area contributed by atoms with Gasteiger partial charge in [-0.3, -0.25) is 4.79 Å². The monoisotopic (exact) mass is 270 g/mol. The number of carbonyl (C=O) groups is 1. The van der Waals surface area contributed by atoms with E-state index >= 15 is 0 Å². The van der Waals surface area contributed by atoms with Crippen LogP contribution in [0.4, 0.5) is 11.4 Å². The lowest BCUT2D eigenvalue weighted by atomic mass is 9.49. The van der Waals surface area contributed by atoms with Crippen molar-refractivity contribution in [1.82, 2.24) is 0 Å². The molecule has 0 atom stereocenters. The van der Waals surface area contributed by atoms with Crippen molar-refractivity contribution in [3.63, 3.8) is 0 Å². The quantitative estimate of drug-likeness (QED) is 0.809. The van der Waals surface area contributed by atoms with Crippen molar-refractivity contribution in [2.75, 3.05) is 11.1 Å². The third-order valence-electron chi connectivity index (χ3n) is 5.66. The molecule has 0 heterocycles. The van der Waals surface area contributed by atoms with E-state index < -0.39 is 0 Å². The molecular formula is C17H22N2O. The first kappa shape index (κ1) is 12.2. The molecular weight excluding hydrogens is 248 g/mol. The standard InChI is InChI=1S/C17H22N2O/c18-14-2-1-3-15(7-14)19-16(20)17-8-11-4-12(9-17)6-13(5-11)10-17/h1-3,7,11-13H,4-6,8-10,18H2,(H,19,20). The smallest absolute Gasteiger partial charge is 0.230 e. The summed E-state index contributed by atoms with van der Waals surface area (Å²) in [6.45, 7) is 0.